The normalized spacial score (nSPS) is 16.1. The Kier molecular flexibility index (Phi) is 9.33. The molecule has 1 aromatic carbocycles. The van der Waals surface area contributed by atoms with E-state index in [0.717, 1.165) is 24.3 Å². The Morgan fingerprint density at radius 2 is 1.85 bits per heavy atom. The molecular formula is C25H29F3N4O6S. The molecular weight excluding hydrogens is 541 g/mol. The van der Waals surface area contributed by atoms with Crippen LogP contribution in [0.2, 0.25) is 0 Å². The lowest BCUT2D eigenvalue weighted by molar-refractivity contribution is -0.172. The van der Waals surface area contributed by atoms with Crippen molar-refractivity contribution in [3.63, 3.8) is 0 Å². The van der Waals surface area contributed by atoms with Crippen molar-refractivity contribution in [1.82, 2.24) is 15.6 Å². The Morgan fingerprint density at radius 1 is 1.18 bits per heavy atom. The molecule has 10 nitrogen and oxygen atoms in total. The van der Waals surface area contributed by atoms with E-state index in [1.807, 2.05) is 0 Å². The third-order valence-corrected chi connectivity index (χ3v) is 7.90. The van der Waals surface area contributed by atoms with Crippen molar-refractivity contribution in [2.45, 2.75) is 49.6 Å². The lowest BCUT2D eigenvalue weighted by Crippen LogP contribution is -2.63. The average molecular weight is 571 g/mol. The van der Waals surface area contributed by atoms with E-state index >= 15 is 0 Å². The number of sulfone groups is 1. The molecule has 14 heteroatoms. The van der Waals surface area contributed by atoms with E-state index in [1.54, 1.807) is 6.92 Å². The van der Waals surface area contributed by atoms with Crippen molar-refractivity contribution in [2.75, 3.05) is 12.3 Å². The Morgan fingerprint density at radius 3 is 2.38 bits per heavy atom. The van der Waals surface area contributed by atoms with Gasteiger partial charge in [0.2, 0.25) is 11.7 Å². The van der Waals surface area contributed by atoms with Crippen LogP contribution in [0.25, 0.3) is 0 Å². The first kappa shape index (κ1) is 30.0. The lowest BCUT2D eigenvalue weighted by atomic mass is 9.84. The van der Waals surface area contributed by atoms with Gasteiger partial charge in [0.1, 0.15) is 29.7 Å². The van der Waals surface area contributed by atoms with Gasteiger partial charge >= 0.3 is 6.11 Å². The van der Waals surface area contributed by atoms with Crippen LogP contribution in [0.3, 0.4) is 0 Å². The number of alkyl halides is 2. The van der Waals surface area contributed by atoms with Crippen LogP contribution in [-0.4, -0.2) is 61.0 Å². The highest BCUT2D eigenvalue weighted by Crippen LogP contribution is 2.42. The zero-order valence-corrected chi connectivity index (χ0v) is 21.8. The molecule has 39 heavy (non-hydrogen) atoms. The number of nitrogens with one attached hydrogen (secondary N) is 2. The number of primary amides is 1. The van der Waals surface area contributed by atoms with E-state index in [4.69, 9.17) is 5.73 Å². The molecule has 212 valence electrons. The standard InChI is InChI=1S/C25H29F3N4O6S/c1-2-24(17-5-6-17,21(33)22(29)34)32-23(35)20(14-39(36,37)13-16-4-3-11-30-12-16)31-15-25(27,28)38-19-9-7-18(26)8-10-19/h3-4,7-12,17,20,31H,2,5-6,13-15H2,1H3,(H2,29,34)(H,32,35)/t20-,24?/m0/s1. The van der Waals surface area contributed by atoms with Gasteiger partial charge in [-0.05, 0) is 61.1 Å². The molecule has 1 aliphatic carbocycles. The summed E-state index contributed by atoms with van der Waals surface area (Å²) in [7, 11) is -4.08. The summed E-state index contributed by atoms with van der Waals surface area (Å²) in [5.41, 5.74) is 3.82. The molecule has 1 unspecified atom stereocenters. The highest BCUT2D eigenvalue weighted by molar-refractivity contribution is 7.90. The number of carbonyl (C=O) groups excluding carboxylic acids is 3. The fourth-order valence-electron chi connectivity index (χ4n) is 4.22. The second kappa shape index (κ2) is 12.1. The Balaban J connectivity index is 1.83. The molecule has 1 aromatic heterocycles. The van der Waals surface area contributed by atoms with Gasteiger partial charge < -0.3 is 15.8 Å². The fraction of sp³-hybridized carbons (Fsp3) is 0.440. The number of ketones is 1. The first-order chi connectivity index (χ1) is 18.3. The molecule has 1 saturated carbocycles. The first-order valence-corrected chi connectivity index (χ1v) is 13.9. The first-order valence-electron chi connectivity index (χ1n) is 12.1. The van der Waals surface area contributed by atoms with Gasteiger partial charge in [0, 0.05) is 12.4 Å². The summed E-state index contributed by atoms with van der Waals surface area (Å²) in [4.78, 5) is 41.6. The van der Waals surface area contributed by atoms with Crippen LogP contribution >= 0.6 is 0 Å². The number of nitrogens with zero attached hydrogens (tertiary/aromatic N) is 1. The molecule has 1 heterocycles. The molecule has 0 spiro atoms. The molecule has 0 bridgehead atoms. The van der Waals surface area contributed by atoms with Gasteiger partial charge in [-0.25, -0.2) is 12.8 Å². The number of hydrogen-bond acceptors (Lipinski definition) is 8. The maximum atomic E-state index is 14.6. The molecule has 1 aliphatic rings. The van der Waals surface area contributed by atoms with Gasteiger partial charge in [-0.2, -0.15) is 8.78 Å². The summed E-state index contributed by atoms with van der Waals surface area (Å²) in [5, 5.41) is 4.67. The van der Waals surface area contributed by atoms with Crippen LogP contribution in [0, 0.1) is 11.7 Å². The van der Waals surface area contributed by atoms with Crippen molar-refractivity contribution in [1.29, 1.82) is 0 Å². The number of ether oxygens (including phenoxy) is 1. The number of benzene rings is 1. The van der Waals surface area contributed by atoms with E-state index in [2.05, 4.69) is 20.4 Å². The summed E-state index contributed by atoms with van der Waals surface area (Å²) < 4.78 is 72.8. The quantitative estimate of drug-likeness (QED) is 0.272. The zero-order chi connectivity index (χ0) is 28.8. The van der Waals surface area contributed by atoms with Crippen LogP contribution in [0.15, 0.2) is 48.8 Å². The molecule has 2 aromatic rings. The predicted molar refractivity (Wildman–Crippen MR) is 134 cm³/mol. The number of carbonyl (C=O) groups is 3. The van der Waals surface area contributed by atoms with E-state index in [-0.39, 0.29) is 12.2 Å². The van der Waals surface area contributed by atoms with E-state index in [0.29, 0.717) is 18.4 Å². The smallest absolute Gasteiger partial charge is 0.410 e. The number of hydrogen-bond donors (Lipinski definition) is 3. The van der Waals surface area contributed by atoms with Crippen LogP contribution in [0.4, 0.5) is 13.2 Å². The summed E-state index contributed by atoms with van der Waals surface area (Å²) in [6.45, 7) is 0.239. The number of halogens is 3. The number of Topliss-reactive ketones (excluding diaryl/α,β-unsaturated/α-hetero) is 1. The minimum Gasteiger partial charge on any atom is -0.432 e. The highest BCUT2D eigenvalue weighted by atomic mass is 32.2. The number of amides is 2. The average Bonchev–Trinajstić information content (AvgIpc) is 3.72. The SMILES string of the molecule is CCC(NC(=O)[C@H](CS(=O)(=O)Cc1cccnc1)NCC(F)(F)Oc1ccc(F)cc1)(C(=O)C(N)=O)C1CC1. The third-order valence-electron chi connectivity index (χ3n) is 6.29. The van der Waals surface area contributed by atoms with Crippen molar-refractivity contribution in [3.8, 4) is 5.75 Å². The highest BCUT2D eigenvalue weighted by Gasteiger charge is 2.53. The topological polar surface area (TPSA) is 158 Å². The molecule has 0 saturated heterocycles. The Labute approximate surface area is 223 Å². The second-order valence-corrected chi connectivity index (χ2v) is 11.4. The second-order valence-electron chi connectivity index (χ2n) is 9.32. The van der Waals surface area contributed by atoms with Crippen LogP contribution in [0.5, 0.6) is 5.75 Å². The van der Waals surface area contributed by atoms with Gasteiger partial charge in [-0.3, -0.25) is 24.7 Å². The summed E-state index contributed by atoms with van der Waals surface area (Å²) in [5.74, 6) is -6.31. The van der Waals surface area contributed by atoms with Crippen molar-refractivity contribution >= 4 is 27.4 Å². The fourth-order valence-corrected chi connectivity index (χ4v) is 5.79. The molecule has 0 radical (unpaired) electrons. The van der Waals surface area contributed by atoms with Gasteiger partial charge in [0.25, 0.3) is 5.91 Å². The Bertz CT molecular complexity index is 1290. The number of aromatic nitrogens is 1. The van der Waals surface area contributed by atoms with Gasteiger partial charge in [-0.1, -0.05) is 13.0 Å². The molecule has 3 rings (SSSR count). The lowest BCUT2D eigenvalue weighted by Gasteiger charge is -2.33. The molecule has 0 aliphatic heterocycles. The third kappa shape index (κ3) is 8.23. The number of nitrogens with two attached hydrogens (primary N) is 1. The van der Waals surface area contributed by atoms with E-state index in [1.165, 1.54) is 24.5 Å². The van der Waals surface area contributed by atoms with Crippen LogP contribution in [0.1, 0.15) is 31.7 Å². The van der Waals surface area contributed by atoms with Crippen LogP contribution in [-0.2, 0) is 30.0 Å². The minimum atomic E-state index is -4.08. The number of pyridine rings is 1. The van der Waals surface area contributed by atoms with E-state index < -0.39 is 74.9 Å². The van der Waals surface area contributed by atoms with Gasteiger partial charge in [0.15, 0.2) is 9.84 Å². The van der Waals surface area contributed by atoms with E-state index in [9.17, 15) is 36.0 Å². The van der Waals surface area contributed by atoms with Crippen molar-refractivity contribution in [2.24, 2.45) is 11.7 Å². The molecule has 1 fully saturated rings. The monoisotopic (exact) mass is 570 g/mol. The van der Waals surface area contributed by atoms with Gasteiger partial charge in [-0.15, -0.1) is 0 Å². The molecule has 4 N–H and O–H groups in total. The summed E-state index contributed by atoms with van der Waals surface area (Å²) >= 11 is 0. The van der Waals surface area contributed by atoms with Gasteiger partial charge in [0.05, 0.1) is 11.5 Å². The Hall–Kier alpha value is -3.52. The number of rotatable bonds is 15. The molecule has 2 amide bonds. The van der Waals surface area contributed by atoms with Crippen molar-refractivity contribution in [3.05, 3.63) is 60.2 Å². The maximum Gasteiger partial charge on any atom is 0.410 e. The van der Waals surface area contributed by atoms with Crippen LogP contribution < -0.4 is 21.1 Å². The summed E-state index contributed by atoms with van der Waals surface area (Å²) in [6, 6.07) is 5.04. The zero-order valence-electron chi connectivity index (χ0n) is 21.0. The predicted octanol–water partition coefficient (Wildman–Crippen LogP) is 1.49. The molecule has 2 atom stereocenters. The summed E-state index contributed by atoms with van der Waals surface area (Å²) in [6.07, 6.45) is -0.197. The minimum absolute atomic E-state index is 0.0236. The van der Waals surface area contributed by atoms with Crippen molar-refractivity contribution < 1.29 is 40.7 Å². The maximum absolute atomic E-state index is 14.6. The largest absolute Gasteiger partial charge is 0.432 e.